The van der Waals surface area contributed by atoms with Crippen LogP contribution in [0.1, 0.15) is 50.6 Å². The Morgan fingerprint density at radius 3 is 2.03 bits per heavy atom. The number of hydrogen-bond donors (Lipinski definition) is 2. The molecule has 7 heteroatoms. The Hall–Kier alpha value is -2.41. The average molecular weight is 411 g/mol. The summed E-state index contributed by atoms with van der Waals surface area (Å²) in [6.07, 6.45) is 6.19. The summed E-state index contributed by atoms with van der Waals surface area (Å²) in [6, 6.07) is 12.5. The lowest BCUT2D eigenvalue weighted by molar-refractivity contribution is 0.573. The summed E-state index contributed by atoms with van der Waals surface area (Å²) in [6.45, 7) is 6.34. The van der Waals surface area contributed by atoms with Crippen molar-refractivity contribution in [3.8, 4) is 0 Å². The summed E-state index contributed by atoms with van der Waals surface area (Å²) in [5.74, 6) is 2.58. The van der Waals surface area contributed by atoms with Crippen molar-refractivity contribution in [2.45, 2.75) is 45.1 Å². The first-order chi connectivity index (χ1) is 14.2. The van der Waals surface area contributed by atoms with E-state index in [1.807, 2.05) is 18.2 Å². The molecule has 6 nitrogen and oxygen atoms in total. The van der Waals surface area contributed by atoms with Gasteiger partial charge in [0, 0.05) is 32.2 Å². The second-order valence-electron chi connectivity index (χ2n) is 7.88. The fourth-order valence-corrected chi connectivity index (χ4v) is 4.30. The number of anilines is 3. The monoisotopic (exact) mass is 410 g/mol. The molecule has 2 aliphatic rings. The van der Waals surface area contributed by atoms with E-state index in [1.54, 1.807) is 0 Å². The summed E-state index contributed by atoms with van der Waals surface area (Å²) in [7, 11) is 0. The van der Waals surface area contributed by atoms with E-state index in [-0.39, 0.29) is 6.04 Å². The van der Waals surface area contributed by atoms with Crippen molar-refractivity contribution in [3.05, 3.63) is 42.0 Å². The molecule has 0 aliphatic carbocycles. The van der Waals surface area contributed by atoms with E-state index in [0.717, 1.165) is 37.8 Å². The van der Waals surface area contributed by atoms with Crippen molar-refractivity contribution in [1.82, 2.24) is 15.3 Å². The minimum absolute atomic E-state index is 0.111. The maximum Gasteiger partial charge on any atom is 0.232 e. The summed E-state index contributed by atoms with van der Waals surface area (Å²) < 4.78 is 0. The van der Waals surface area contributed by atoms with Crippen LogP contribution in [0.25, 0.3) is 0 Å². The zero-order valence-electron chi connectivity index (χ0n) is 17.1. The third kappa shape index (κ3) is 5.15. The van der Waals surface area contributed by atoms with Crippen molar-refractivity contribution < 1.29 is 0 Å². The lowest BCUT2D eigenvalue weighted by Gasteiger charge is -2.29. The van der Waals surface area contributed by atoms with Crippen LogP contribution < -0.4 is 20.4 Å². The highest BCUT2D eigenvalue weighted by Gasteiger charge is 2.20. The number of piperidine rings is 1. The topological polar surface area (TPSA) is 56.3 Å². The predicted molar refractivity (Wildman–Crippen MR) is 124 cm³/mol. The summed E-state index contributed by atoms with van der Waals surface area (Å²) >= 11 is 5.56. The van der Waals surface area contributed by atoms with Gasteiger partial charge in [-0.2, -0.15) is 9.97 Å². The normalized spacial score (nSPS) is 17.8. The Morgan fingerprint density at radius 1 is 0.897 bits per heavy atom. The Bertz CT molecular complexity index is 815. The first-order valence-electron chi connectivity index (χ1n) is 10.7. The fourth-order valence-electron chi connectivity index (χ4n) is 4.03. The first kappa shape index (κ1) is 19.9. The van der Waals surface area contributed by atoms with Crippen LogP contribution in [0.15, 0.2) is 36.4 Å². The van der Waals surface area contributed by atoms with Gasteiger partial charge in [0.05, 0.1) is 6.04 Å². The Labute approximate surface area is 178 Å². The SMILES string of the molecule is C[C@@H](NC(=S)Nc1nc(N2CCCCC2)cc(N2CCCC2)n1)c1ccccc1. The molecular formula is C22H30N6S. The number of hydrogen-bond acceptors (Lipinski definition) is 5. The molecule has 4 rings (SSSR count). The van der Waals surface area contributed by atoms with Crippen molar-refractivity contribution in [2.75, 3.05) is 41.3 Å². The molecule has 2 fully saturated rings. The van der Waals surface area contributed by atoms with E-state index in [1.165, 1.54) is 37.7 Å². The van der Waals surface area contributed by atoms with Gasteiger partial charge in [0.25, 0.3) is 0 Å². The Kier molecular flexibility index (Phi) is 6.44. The molecule has 1 aromatic carbocycles. The molecule has 0 amide bonds. The van der Waals surface area contributed by atoms with Gasteiger partial charge in [-0.25, -0.2) is 0 Å². The van der Waals surface area contributed by atoms with E-state index in [9.17, 15) is 0 Å². The van der Waals surface area contributed by atoms with Gasteiger partial charge in [0.15, 0.2) is 5.11 Å². The predicted octanol–water partition coefficient (Wildman–Crippen LogP) is 4.11. The number of thiocarbonyl (C=S) groups is 1. The summed E-state index contributed by atoms with van der Waals surface area (Å²) in [5, 5.41) is 7.12. The van der Waals surface area contributed by atoms with Gasteiger partial charge in [-0.05, 0) is 56.8 Å². The fraction of sp³-hybridized carbons (Fsp3) is 0.500. The number of benzene rings is 1. The number of aromatic nitrogens is 2. The molecule has 2 aromatic rings. The van der Waals surface area contributed by atoms with Crippen LogP contribution in [0.4, 0.5) is 17.6 Å². The molecular weight excluding hydrogens is 380 g/mol. The zero-order valence-corrected chi connectivity index (χ0v) is 17.9. The van der Waals surface area contributed by atoms with Gasteiger partial charge in [0.1, 0.15) is 11.6 Å². The lowest BCUT2D eigenvalue weighted by Crippen LogP contribution is -2.33. The number of nitrogens with one attached hydrogen (secondary N) is 2. The van der Waals surface area contributed by atoms with Crippen molar-refractivity contribution in [3.63, 3.8) is 0 Å². The maximum atomic E-state index is 5.56. The lowest BCUT2D eigenvalue weighted by atomic mass is 10.1. The minimum atomic E-state index is 0.111. The van der Waals surface area contributed by atoms with Crippen molar-refractivity contribution >= 4 is 34.9 Å². The van der Waals surface area contributed by atoms with Crippen LogP contribution in [0.2, 0.25) is 0 Å². The number of rotatable bonds is 5. The average Bonchev–Trinajstić information content (AvgIpc) is 3.30. The van der Waals surface area contributed by atoms with E-state index in [0.29, 0.717) is 11.1 Å². The molecule has 154 valence electrons. The van der Waals surface area contributed by atoms with Crippen LogP contribution in [0.3, 0.4) is 0 Å². The van der Waals surface area contributed by atoms with Crippen molar-refractivity contribution in [2.24, 2.45) is 0 Å². The standard InChI is InChI=1S/C22H30N6S/c1-17(18-10-4-2-5-11-18)23-22(29)26-21-24-19(27-12-6-3-7-13-27)16-20(25-21)28-14-8-9-15-28/h2,4-5,10-11,16-17H,3,6-9,12-15H2,1H3,(H2,23,24,25,26,29)/t17-/m1/s1. The van der Waals surface area contributed by atoms with Gasteiger partial charge in [-0.15, -0.1) is 0 Å². The van der Waals surface area contributed by atoms with Gasteiger partial charge in [0.2, 0.25) is 5.95 Å². The molecule has 3 heterocycles. The highest BCUT2D eigenvalue weighted by molar-refractivity contribution is 7.80. The van der Waals surface area contributed by atoms with Crippen LogP contribution in [-0.4, -0.2) is 41.3 Å². The Balaban J connectivity index is 1.50. The van der Waals surface area contributed by atoms with E-state index >= 15 is 0 Å². The smallest absolute Gasteiger partial charge is 0.232 e. The number of nitrogens with zero attached hydrogens (tertiary/aromatic N) is 4. The molecule has 1 aromatic heterocycles. The molecule has 29 heavy (non-hydrogen) atoms. The van der Waals surface area contributed by atoms with Crippen LogP contribution in [0, 0.1) is 0 Å². The van der Waals surface area contributed by atoms with Gasteiger partial charge < -0.3 is 20.4 Å². The quantitative estimate of drug-likeness (QED) is 0.719. The molecule has 1 atom stereocenters. The first-order valence-corrected chi connectivity index (χ1v) is 11.1. The molecule has 0 saturated carbocycles. The summed E-state index contributed by atoms with van der Waals surface area (Å²) in [4.78, 5) is 14.3. The Morgan fingerprint density at radius 2 is 1.45 bits per heavy atom. The molecule has 0 unspecified atom stereocenters. The highest BCUT2D eigenvalue weighted by atomic mass is 32.1. The molecule has 0 radical (unpaired) electrons. The van der Waals surface area contributed by atoms with E-state index < -0.39 is 0 Å². The molecule has 2 saturated heterocycles. The second kappa shape index (κ2) is 9.39. The zero-order chi connectivity index (χ0) is 20.1. The molecule has 2 aliphatic heterocycles. The second-order valence-corrected chi connectivity index (χ2v) is 8.29. The summed E-state index contributed by atoms with van der Waals surface area (Å²) in [5.41, 5.74) is 1.19. The minimum Gasteiger partial charge on any atom is -0.356 e. The molecule has 0 spiro atoms. The molecule has 2 N–H and O–H groups in total. The van der Waals surface area contributed by atoms with Crippen molar-refractivity contribution in [1.29, 1.82) is 0 Å². The van der Waals surface area contributed by atoms with Gasteiger partial charge in [-0.3, -0.25) is 0 Å². The van der Waals surface area contributed by atoms with Gasteiger partial charge in [-0.1, -0.05) is 30.3 Å². The van der Waals surface area contributed by atoms with Crippen LogP contribution in [-0.2, 0) is 0 Å². The van der Waals surface area contributed by atoms with Crippen LogP contribution in [0.5, 0.6) is 0 Å². The van der Waals surface area contributed by atoms with Gasteiger partial charge >= 0.3 is 0 Å². The van der Waals surface area contributed by atoms with E-state index in [4.69, 9.17) is 22.2 Å². The van der Waals surface area contributed by atoms with Crippen LogP contribution >= 0.6 is 12.2 Å². The third-order valence-corrected chi connectivity index (χ3v) is 5.90. The molecule has 0 bridgehead atoms. The van der Waals surface area contributed by atoms with E-state index in [2.05, 4.69) is 45.6 Å². The maximum absolute atomic E-state index is 5.56. The highest BCUT2D eigenvalue weighted by Crippen LogP contribution is 2.26. The largest absolute Gasteiger partial charge is 0.356 e. The third-order valence-electron chi connectivity index (χ3n) is 5.68.